The molecule has 0 radical (unpaired) electrons. The second-order valence-corrected chi connectivity index (χ2v) is 6.85. The molecule has 0 amide bonds. The summed E-state index contributed by atoms with van der Waals surface area (Å²) >= 11 is 0. The van der Waals surface area contributed by atoms with Crippen molar-refractivity contribution in [2.24, 2.45) is 24.8 Å². The van der Waals surface area contributed by atoms with Crippen LogP contribution in [0.15, 0.2) is 6.33 Å². The zero-order valence-corrected chi connectivity index (χ0v) is 11.1. The van der Waals surface area contributed by atoms with Crippen LogP contribution < -0.4 is 5.32 Å². The fourth-order valence-corrected chi connectivity index (χ4v) is 5.07. The number of rotatable bonds is 3. The van der Waals surface area contributed by atoms with Gasteiger partial charge >= 0.3 is 0 Å². The maximum Gasteiger partial charge on any atom is 0.140 e. The highest BCUT2D eigenvalue weighted by molar-refractivity contribution is 5.06. The lowest BCUT2D eigenvalue weighted by Gasteiger charge is -2.57. The van der Waals surface area contributed by atoms with Gasteiger partial charge in [-0.3, -0.25) is 4.68 Å². The third-order valence-corrected chi connectivity index (χ3v) is 5.46. The van der Waals surface area contributed by atoms with E-state index < -0.39 is 0 Å². The van der Waals surface area contributed by atoms with Gasteiger partial charge in [0.1, 0.15) is 12.2 Å². The van der Waals surface area contributed by atoms with E-state index >= 15 is 0 Å². The van der Waals surface area contributed by atoms with Gasteiger partial charge in [-0.2, -0.15) is 5.10 Å². The van der Waals surface area contributed by atoms with Crippen LogP contribution >= 0.6 is 0 Å². The van der Waals surface area contributed by atoms with Crippen LogP contribution in [-0.2, 0) is 13.6 Å². The molecule has 1 aromatic heterocycles. The maximum atomic E-state index is 4.32. The van der Waals surface area contributed by atoms with E-state index in [1.165, 1.54) is 38.5 Å². The summed E-state index contributed by atoms with van der Waals surface area (Å²) in [7, 11) is 1.98. The van der Waals surface area contributed by atoms with Gasteiger partial charge in [-0.05, 0) is 56.3 Å². The summed E-state index contributed by atoms with van der Waals surface area (Å²) < 4.78 is 1.88. The second kappa shape index (κ2) is 3.80. The van der Waals surface area contributed by atoms with E-state index in [1.807, 2.05) is 11.7 Å². The highest BCUT2D eigenvalue weighted by Gasteiger charge is 2.50. The average molecular weight is 246 g/mol. The topological polar surface area (TPSA) is 42.7 Å². The number of nitrogens with zero attached hydrogens (tertiary/aromatic N) is 3. The summed E-state index contributed by atoms with van der Waals surface area (Å²) in [5.41, 5.74) is 0.431. The molecule has 4 aliphatic rings. The minimum absolute atomic E-state index is 0.431. The van der Waals surface area contributed by atoms with Crippen molar-refractivity contribution in [1.29, 1.82) is 0 Å². The highest BCUT2D eigenvalue weighted by Crippen LogP contribution is 2.55. The predicted octanol–water partition coefficient (Wildman–Crippen LogP) is 1.87. The van der Waals surface area contributed by atoms with E-state index in [-0.39, 0.29) is 0 Å². The summed E-state index contributed by atoms with van der Waals surface area (Å²) in [6.07, 6.45) is 10.4. The lowest BCUT2D eigenvalue weighted by Crippen LogP contribution is -2.58. The summed E-state index contributed by atoms with van der Waals surface area (Å²) in [5, 5.41) is 7.99. The fourth-order valence-electron chi connectivity index (χ4n) is 5.07. The smallest absolute Gasteiger partial charge is 0.140 e. The highest BCUT2D eigenvalue weighted by atomic mass is 15.3. The Hall–Kier alpha value is -0.900. The molecule has 4 aliphatic carbocycles. The summed E-state index contributed by atoms with van der Waals surface area (Å²) in [6, 6.07) is 0. The van der Waals surface area contributed by atoms with Crippen molar-refractivity contribution in [2.75, 3.05) is 0 Å². The number of hydrogen-bond donors (Lipinski definition) is 1. The molecule has 0 saturated heterocycles. The first-order valence-corrected chi connectivity index (χ1v) is 7.30. The van der Waals surface area contributed by atoms with Gasteiger partial charge < -0.3 is 5.32 Å². The molecule has 4 bridgehead atoms. The van der Waals surface area contributed by atoms with Crippen LogP contribution in [0.4, 0.5) is 0 Å². The standard InChI is InChI=1S/C14H22N4/c1-18-13(15-9-17-18)8-16-14-5-10-2-11(6-14)4-12(3-10)7-14/h9-12,16H,2-8H2,1H3. The number of aryl methyl sites for hydroxylation is 1. The molecule has 0 aliphatic heterocycles. The zero-order chi connectivity index (χ0) is 12.2. The Labute approximate surface area is 108 Å². The molecular weight excluding hydrogens is 224 g/mol. The maximum absolute atomic E-state index is 4.32. The third kappa shape index (κ3) is 1.69. The molecule has 4 fully saturated rings. The molecule has 98 valence electrons. The molecule has 0 atom stereocenters. The Bertz CT molecular complexity index is 415. The van der Waals surface area contributed by atoms with E-state index in [9.17, 15) is 0 Å². The largest absolute Gasteiger partial charge is 0.304 e. The van der Waals surface area contributed by atoms with Crippen molar-refractivity contribution < 1.29 is 0 Å². The van der Waals surface area contributed by atoms with E-state index in [0.717, 1.165) is 30.1 Å². The van der Waals surface area contributed by atoms with Crippen molar-refractivity contribution in [3.8, 4) is 0 Å². The Morgan fingerprint density at radius 2 is 1.83 bits per heavy atom. The van der Waals surface area contributed by atoms with Crippen LogP contribution in [0.3, 0.4) is 0 Å². The molecule has 4 nitrogen and oxygen atoms in total. The minimum Gasteiger partial charge on any atom is -0.304 e. The van der Waals surface area contributed by atoms with Crippen LogP contribution in [0.5, 0.6) is 0 Å². The van der Waals surface area contributed by atoms with Crippen molar-refractivity contribution in [1.82, 2.24) is 20.1 Å². The van der Waals surface area contributed by atoms with Gasteiger partial charge in [0.05, 0.1) is 6.54 Å². The van der Waals surface area contributed by atoms with Crippen LogP contribution in [-0.4, -0.2) is 20.3 Å². The lowest BCUT2D eigenvalue weighted by molar-refractivity contribution is -0.0210. The first kappa shape index (κ1) is 11.0. The van der Waals surface area contributed by atoms with Crippen molar-refractivity contribution in [3.63, 3.8) is 0 Å². The summed E-state index contributed by atoms with van der Waals surface area (Å²) in [4.78, 5) is 4.32. The van der Waals surface area contributed by atoms with Gasteiger partial charge in [0.2, 0.25) is 0 Å². The first-order valence-electron chi connectivity index (χ1n) is 7.30. The molecule has 0 aromatic carbocycles. The molecule has 1 heterocycles. The molecule has 5 rings (SSSR count). The molecule has 4 saturated carbocycles. The molecule has 4 heteroatoms. The van der Waals surface area contributed by atoms with Gasteiger partial charge in [0, 0.05) is 12.6 Å². The summed E-state index contributed by atoms with van der Waals surface area (Å²) in [6.45, 7) is 0.878. The fraction of sp³-hybridized carbons (Fsp3) is 0.857. The monoisotopic (exact) mass is 246 g/mol. The number of aromatic nitrogens is 3. The molecule has 1 aromatic rings. The molecule has 1 N–H and O–H groups in total. The zero-order valence-electron chi connectivity index (χ0n) is 11.1. The SMILES string of the molecule is Cn1ncnc1CNC12CC3CC(CC(C3)C1)C2. The van der Waals surface area contributed by atoms with Gasteiger partial charge in [0.25, 0.3) is 0 Å². The van der Waals surface area contributed by atoms with Crippen LogP contribution in [0.25, 0.3) is 0 Å². The van der Waals surface area contributed by atoms with Crippen LogP contribution in [0, 0.1) is 17.8 Å². The normalized spacial score (nSPS) is 41.5. The van der Waals surface area contributed by atoms with Crippen molar-refractivity contribution in [3.05, 3.63) is 12.2 Å². The average Bonchev–Trinajstić information content (AvgIpc) is 2.70. The van der Waals surface area contributed by atoms with Crippen LogP contribution in [0.1, 0.15) is 44.3 Å². The van der Waals surface area contributed by atoms with Gasteiger partial charge in [-0.25, -0.2) is 4.98 Å². The molecule has 18 heavy (non-hydrogen) atoms. The number of hydrogen-bond acceptors (Lipinski definition) is 3. The Morgan fingerprint density at radius 3 is 2.33 bits per heavy atom. The van der Waals surface area contributed by atoms with E-state index in [4.69, 9.17) is 0 Å². The minimum atomic E-state index is 0.431. The van der Waals surface area contributed by atoms with E-state index in [1.54, 1.807) is 6.33 Å². The predicted molar refractivity (Wildman–Crippen MR) is 68.7 cm³/mol. The Morgan fingerprint density at radius 1 is 1.22 bits per heavy atom. The van der Waals surface area contributed by atoms with E-state index in [2.05, 4.69) is 15.4 Å². The third-order valence-electron chi connectivity index (χ3n) is 5.46. The van der Waals surface area contributed by atoms with Crippen molar-refractivity contribution >= 4 is 0 Å². The van der Waals surface area contributed by atoms with Gasteiger partial charge in [0.15, 0.2) is 0 Å². The first-order chi connectivity index (χ1) is 8.72. The second-order valence-electron chi connectivity index (χ2n) is 6.85. The van der Waals surface area contributed by atoms with Gasteiger partial charge in [-0.1, -0.05) is 0 Å². The van der Waals surface area contributed by atoms with Gasteiger partial charge in [-0.15, -0.1) is 0 Å². The molecule has 0 unspecified atom stereocenters. The Balaban J connectivity index is 1.49. The Kier molecular flexibility index (Phi) is 2.31. The summed E-state index contributed by atoms with van der Waals surface area (Å²) in [5.74, 6) is 4.07. The lowest BCUT2D eigenvalue weighted by atomic mass is 9.53. The quantitative estimate of drug-likeness (QED) is 0.885. The molecule has 0 spiro atoms. The molecular formula is C14H22N4. The van der Waals surface area contributed by atoms with E-state index in [0.29, 0.717) is 5.54 Å². The van der Waals surface area contributed by atoms with Crippen molar-refractivity contribution in [2.45, 2.75) is 50.6 Å². The number of nitrogens with one attached hydrogen (secondary N) is 1. The van der Waals surface area contributed by atoms with Crippen LogP contribution in [0.2, 0.25) is 0 Å².